The average molecular weight is 229 g/mol. The van der Waals surface area contributed by atoms with Crippen molar-refractivity contribution in [2.75, 3.05) is 33.2 Å². The maximum Gasteiger partial charge on any atom is 0.319 e. The van der Waals surface area contributed by atoms with Crippen molar-refractivity contribution < 1.29 is 14.7 Å². The molecule has 1 aliphatic rings. The van der Waals surface area contributed by atoms with E-state index >= 15 is 0 Å². The maximum atomic E-state index is 11.8. The molecule has 0 saturated carbocycles. The summed E-state index contributed by atoms with van der Waals surface area (Å²) in [6.07, 6.45) is 0.922. The Bertz CT molecular complexity index is 270. The van der Waals surface area contributed by atoms with E-state index in [0.29, 0.717) is 19.0 Å². The summed E-state index contributed by atoms with van der Waals surface area (Å²) in [6.45, 7) is 2.26. The minimum Gasteiger partial charge on any atom is -0.481 e. The minimum atomic E-state index is -0.888. The van der Waals surface area contributed by atoms with Crippen LogP contribution in [0.3, 0.4) is 0 Å². The monoisotopic (exact) mass is 229 g/mol. The van der Waals surface area contributed by atoms with E-state index in [-0.39, 0.29) is 19.0 Å². The van der Waals surface area contributed by atoms with Gasteiger partial charge in [0.05, 0.1) is 6.42 Å². The van der Waals surface area contributed by atoms with Gasteiger partial charge in [0.25, 0.3) is 0 Å². The van der Waals surface area contributed by atoms with Gasteiger partial charge in [0, 0.05) is 26.7 Å². The van der Waals surface area contributed by atoms with Crippen LogP contribution in [0.1, 0.15) is 12.8 Å². The van der Waals surface area contributed by atoms with E-state index in [1.807, 2.05) is 0 Å². The number of likely N-dealkylation sites (tertiary alicyclic amines) is 1. The number of nitrogens with zero attached hydrogens (tertiary/aromatic N) is 2. The fourth-order valence-electron chi connectivity index (χ4n) is 1.80. The van der Waals surface area contributed by atoms with Crippen molar-refractivity contribution in [3.8, 4) is 0 Å². The molecule has 0 bridgehead atoms. The lowest BCUT2D eigenvalue weighted by Gasteiger charge is -2.24. The Morgan fingerprint density at radius 1 is 1.56 bits per heavy atom. The topological polar surface area (TPSA) is 86.9 Å². The quantitative estimate of drug-likeness (QED) is 0.698. The van der Waals surface area contributed by atoms with Crippen molar-refractivity contribution in [1.29, 1.82) is 0 Å². The SMILES string of the molecule is CN(CCC(=O)O)C(=O)N1CCC(CN)C1. The lowest BCUT2D eigenvalue weighted by atomic mass is 10.1. The van der Waals surface area contributed by atoms with Crippen LogP contribution in [-0.4, -0.2) is 60.1 Å². The Morgan fingerprint density at radius 2 is 2.25 bits per heavy atom. The van der Waals surface area contributed by atoms with E-state index in [9.17, 15) is 9.59 Å². The van der Waals surface area contributed by atoms with E-state index in [1.165, 1.54) is 4.90 Å². The molecule has 16 heavy (non-hydrogen) atoms. The summed E-state index contributed by atoms with van der Waals surface area (Å²) < 4.78 is 0. The van der Waals surface area contributed by atoms with E-state index < -0.39 is 5.97 Å². The van der Waals surface area contributed by atoms with Crippen LogP contribution in [0.4, 0.5) is 4.79 Å². The number of hydrogen-bond donors (Lipinski definition) is 2. The fraction of sp³-hybridized carbons (Fsp3) is 0.800. The van der Waals surface area contributed by atoms with Crippen LogP contribution in [-0.2, 0) is 4.79 Å². The van der Waals surface area contributed by atoms with Gasteiger partial charge in [-0.05, 0) is 18.9 Å². The van der Waals surface area contributed by atoms with Crippen LogP contribution < -0.4 is 5.73 Å². The summed E-state index contributed by atoms with van der Waals surface area (Å²) in [7, 11) is 1.63. The first-order chi connectivity index (χ1) is 7.54. The van der Waals surface area contributed by atoms with Gasteiger partial charge in [0.1, 0.15) is 0 Å². The van der Waals surface area contributed by atoms with Crippen LogP contribution in [0.2, 0.25) is 0 Å². The van der Waals surface area contributed by atoms with Gasteiger partial charge in [-0.25, -0.2) is 4.79 Å². The zero-order chi connectivity index (χ0) is 12.1. The van der Waals surface area contributed by atoms with Crippen LogP contribution in [0.25, 0.3) is 0 Å². The van der Waals surface area contributed by atoms with Gasteiger partial charge in [0.2, 0.25) is 0 Å². The predicted octanol–water partition coefficient (Wildman–Crippen LogP) is -0.206. The zero-order valence-corrected chi connectivity index (χ0v) is 9.56. The summed E-state index contributed by atoms with van der Waals surface area (Å²) in [5, 5.41) is 8.52. The second kappa shape index (κ2) is 5.69. The summed E-state index contributed by atoms with van der Waals surface area (Å²) >= 11 is 0. The van der Waals surface area contributed by atoms with Gasteiger partial charge in [-0.2, -0.15) is 0 Å². The molecule has 0 aromatic heterocycles. The van der Waals surface area contributed by atoms with Gasteiger partial charge >= 0.3 is 12.0 Å². The molecule has 0 aromatic carbocycles. The largest absolute Gasteiger partial charge is 0.481 e. The van der Waals surface area contributed by atoms with Crippen molar-refractivity contribution >= 4 is 12.0 Å². The number of nitrogens with two attached hydrogens (primary N) is 1. The first-order valence-electron chi connectivity index (χ1n) is 5.46. The van der Waals surface area contributed by atoms with E-state index in [2.05, 4.69) is 0 Å². The normalized spacial score (nSPS) is 19.9. The highest BCUT2D eigenvalue weighted by atomic mass is 16.4. The van der Waals surface area contributed by atoms with Crippen LogP contribution in [0.5, 0.6) is 0 Å². The van der Waals surface area contributed by atoms with Crippen molar-refractivity contribution in [1.82, 2.24) is 9.80 Å². The first kappa shape index (κ1) is 12.8. The fourth-order valence-corrected chi connectivity index (χ4v) is 1.80. The zero-order valence-electron chi connectivity index (χ0n) is 9.56. The minimum absolute atomic E-state index is 0.0175. The molecule has 1 aliphatic heterocycles. The Labute approximate surface area is 95.0 Å². The number of amides is 2. The van der Waals surface area contributed by atoms with Crippen molar-refractivity contribution in [3.05, 3.63) is 0 Å². The average Bonchev–Trinajstić information content (AvgIpc) is 2.73. The van der Waals surface area contributed by atoms with Crippen LogP contribution in [0, 0.1) is 5.92 Å². The van der Waals surface area contributed by atoms with Gasteiger partial charge in [-0.3, -0.25) is 4.79 Å². The molecule has 0 aromatic rings. The smallest absolute Gasteiger partial charge is 0.319 e. The summed E-state index contributed by atoms with van der Waals surface area (Å²) in [5.41, 5.74) is 5.54. The number of rotatable bonds is 4. The summed E-state index contributed by atoms with van der Waals surface area (Å²) in [4.78, 5) is 25.4. The lowest BCUT2D eigenvalue weighted by Crippen LogP contribution is -2.41. The molecule has 1 rings (SSSR count). The summed E-state index contributed by atoms with van der Waals surface area (Å²) in [6, 6.07) is -0.0998. The Balaban J connectivity index is 2.36. The molecular formula is C10H19N3O3. The van der Waals surface area contributed by atoms with Crippen LogP contribution >= 0.6 is 0 Å². The first-order valence-corrected chi connectivity index (χ1v) is 5.46. The number of carboxylic acid groups (broad SMARTS) is 1. The van der Waals surface area contributed by atoms with Gasteiger partial charge in [-0.15, -0.1) is 0 Å². The molecule has 6 nitrogen and oxygen atoms in total. The van der Waals surface area contributed by atoms with Crippen molar-refractivity contribution in [2.45, 2.75) is 12.8 Å². The van der Waals surface area contributed by atoms with Crippen molar-refractivity contribution in [2.24, 2.45) is 11.7 Å². The number of hydrogen-bond acceptors (Lipinski definition) is 3. The number of carbonyl (C=O) groups is 2. The molecule has 6 heteroatoms. The van der Waals surface area contributed by atoms with E-state index in [4.69, 9.17) is 10.8 Å². The maximum absolute atomic E-state index is 11.8. The number of aliphatic carboxylic acids is 1. The van der Waals surface area contributed by atoms with E-state index in [1.54, 1.807) is 11.9 Å². The number of urea groups is 1. The second-order valence-electron chi connectivity index (χ2n) is 4.18. The molecule has 92 valence electrons. The number of carbonyl (C=O) groups excluding carboxylic acids is 1. The second-order valence-corrected chi connectivity index (χ2v) is 4.18. The van der Waals surface area contributed by atoms with Crippen molar-refractivity contribution in [3.63, 3.8) is 0 Å². The molecule has 0 spiro atoms. The molecule has 1 atom stereocenters. The standard InChI is InChI=1S/C10H19N3O3/c1-12(4-3-9(14)15)10(16)13-5-2-8(6-11)7-13/h8H,2-7,11H2,1H3,(H,14,15). The summed E-state index contributed by atoms with van der Waals surface area (Å²) in [5.74, 6) is -0.502. The highest BCUT2D eigenvalue weighted by Crippen LogP contribution is 2.16. The Morgan fingerprint density at radius 3 is 2.75 bits per heavy atom. The molecule has 3 N–H and O–H groups in total. The van der Waals surface area contributed by atoms with E-state index in [0.717, 1.165) is 13.0 Å². The third-order valence-electron chi connectivity index (χ3n) is 2.88. The lowest BCUT2D eigenvalue weighted by molar-refractivity contribution is -0.137. The molecule has 2 amide bonds. The highest BCUT2D eigenvalue weighted by Gasteiger charge is 2.27. The molecule has 1 heterocycles. The Hall–Kier alpha value is -1.30. The Kier molecular flexibility index (Phi) is 4.54. The molecule has 0 radical (unpaired) electrons. The molecule has 0 aliphatic carbocycles. The third kappa shape index (κ3) is 3.37. The van der Waals surface area contributed by atoms with Gasteiger partial charge in [0.15, 0.2) is 0 Å². The van der Waals surface area contributed by atoms with Gasteiger partial charge < -0.3 is 20.6 Å². The predicted molar refractivity (Wildman–Crippen MR) is 59.0 cm³/mol. The highest BCUT2D eigenvalue weighted by molar-refractivity contribution is 5.75. The molecule has 1 saturated heterocycles. The number of carboxylic acids is 1. The molecule has 1 fully saturated rings. The molecular weight excluding hydrogens is 210 g/mol. The molecule has 1 unspecified atom stereocenters. The third-order valence-corrected chi connectivity index (χ3v) is 2.88. The van der Waals surface area contributed by atoms with Gasteiger partial charge in [-0.1, -0.05) is 0 Å². The van der Waals surface area contributed by atoms with Crippen LogP contribution in [0.15, 0.2) is 0 Å².